The first-order valence-electron chi connectivity index (χ1n) is 33.5. The first-order valence-corrected chi connectivity index (χ1v) is 34.7. The molecule has 0 aliphatic carbocycles. The second-order valence-electron chi connectivity index (χ2n) is 25.2. The van der Waals surface area contributed by atoms with Crippen LogP contribution in [-0.4, -0.2) is 218 Å². The van der Waals surface area contributed by atoms with Crippen molar-refractivity contribution in [2.45, 2.75) is 197 Å². The number of nitrogens with one attached hydrogen (secondary N) is 11. The van der Waals surface area contributed by atoms with E-state index in [4.69, 9.17) is 33.8 Å². The van der Waals surface area contributed by atoms with E-state index in [0.29, 0.717) is 24.0 Å². The minimum atomic E-state index is -1.74. The van der Waals surface area contributed by atoms with E-state index in [9.17, 15) is 92.3 Å². The van der Waals surface area contributed by atoms with Crippen LogP contribution in [0.4, 0.5) is 0 Å². The number of carboxylic acids is 2. The lowest BCUT2D eigenvalue weighted by Crippen LogP contribution is -2.62. The number of thiol groups is 2. The molecule has 0 aliphatic rings. The quantitative estimate of drug-likeness (QED) is 0.0218. The monoisotopic (exact) mass is 1490 g/mol. The molecule has 2 rings (SSSR count). The number of hydrogen-bond donors (Lipinski definition) is 23. The van der Waals surface area contributed by atoms with Crippen molar-refractivity contribution < 1.29 is 97.5 Å². The van der Waals surface area contributed by atoms with E-state index < -0.39 is 218 Å². The van der Waals surface area contributed by atoms with Gasteiger partial charge in [0, 0.05) is 37.2 Å². The van der Waals surface area contributed by atoms with Crippen molar-refractivity contribution in [3.8, 4) is 11.5 Å². The molecule has 0 unspecified atom stereocenters. The molecule has 38 heteroatoms. The molecule has 2 aromatic carbocycles. The molecule has 0 fully saturated rings. The highest BCUT2D eigenvalue weighted by atomic mass is 32.1. The number of phenolic OH excluding ortho intramolecular Hbond substituents is 2. The van der Waals surface area contributed by atoms with Crippen LogP contribution in [0.25, 0.3) is 0 Å². The molecule has 0 spiro atoms. The summed E-state index contributed by atoms with van der Waals surface area (Å²) in [6.07, 6.45) is -2.71. The lowest BCUT2D eigenvalue weighted by Gasteiger charge is -2.29. The third kappa shape index (κ3) is 34.0. The smallest absolute Gasteiger partial charge is 0.303 e. The lowest BCUT2D eigenvalue weighted by atomic mass is 9.99. The first-order chi connectivity index (χ1) is 48.6. The number of phenols is 2. The Morgan fingerprint density at radius 1 is 0.398 bits per heavy atom. The highest BCUT2D eigenvalue weighted by Crippen LogP contribution is 2.16. The number of carbonyl (C=O) groups excluding carboxylic acids is 13. The second kappa shape index (κ2) is 47.0. The summed E-state index contributed by atoms with van der Waals surface area (Å²) in [4.78, 5) is 201. The molecule has 26 N–H and O–H groups in total. The molecule has 36 nitrogen and oxygen atoms in total. The Kier molecular flexibility index (Phi) is 40.9. The maximum Gasteiger partial charge on any atom is 0.303 e. The van der Waals surface area contributed by atoms with Crippen molar-refractivity contribution in [3.63, 3.8) is 0 Å². The van der Waals surface area contributed by atoms with Crippen molar-refractivity contribution in [2.24, 2.45) is 40.5 Å². The number of carboxylic acid groups (broad SMARTS) is 2. The van der Waals surface area contributed by atoms with Gasteiger partial charge in [0.05, 0.1) is 12.6 Å². The van der Waals surface area contributed by atoms with E-state index >= 15 is 0 Å². The molecule has 0 radical (unpaired) electrons. The zero-order valence-corrected chi connectivity index (χ0v) is 59.8. The van der Waals surface area contributed by atoms with Crippen molar-refractivity contribution in [1.29, 1.82) is 0 Å². The van der Waals surface area contributed by atoms with Gasteiger partial charge < -0.3 is 113 Å². The Hall–Kier alpha value is -9.37. The fourth-order valence-electron chi connectivity index (χ4n) is 10.0. The van der Waals surface area contributed by atoms with Gasteiger partial charge in [-0.2, -0.15) is 25.3 Å². The molecule has 0 saturated heterocycles. The summed E-state index contributed by atoms with van der Waals surface area (Å²) in [7, 11) is 0. The number of aliphatic hydroxyl groups excluding tert-OH is 1. The number of nitrogens with two attached hydrogens (primary N) is 5. The van der Waals surface area contributed by atoms with E-state index in [2.05, 4.69) is 83.7 Å². The standard InChI is InChI=1S/C65H102N16O20S2/c1-33(2)27-45(76-59(95)44(21-24-52(88)89)74-56(92)41(9-5-7-25-66)72-62(98)47(30-82)78-64(100)48(31-102)79-55(91)39(68)28-35-11-15-37(83)16-12-35)60(96)80-49(32-103)63(99)77-46(29-36-13-17-38(84)18-14-36)61(97)81-53(34(3)4)65(101)75-42(10-6-8-26-67)57(93)73-43(19-22-50(69)85)58(94)71-40(54(70)90)20-23-51(86)87/h11-18,33-34,39-49,53,82-84,102-103H,5-10,19-32,66-68H2,1-4H3,(H2,69,85)(H2,70,90)(H,71,94)(H,72,98)(H,73,93)(H,74,92)(H,75,101)(H,76,95)(H,77,99)(H,78,100)(H,79,91)(H,80,96)(H,81,97)(H,86,87)(H,88,89)/t39-,40-,41-,42-,43-,44-,45-,46-,47-,48-,49-,53-/m0/s1. The number of aromatic hydroxyl groups is 2. The summed E-state index contributed by atoms with van der Waals surface area (Å²) in [6, 6.07) is -6.92. The summed E-state index contributed by atoms with van der Waals surface area (Å²) in [5, 5.41) is 76.0. The molecule has 0 aromatic heterocycles. The van der Waals surface area contributed by atoms with Crippen LogP contribution in [0.5, 0.6) is 11.5 Å². The van der Waals surface area contributed by atoms with E-state index in [1.807, 2.05) is 0 Å². The molecular formula is C65H102N16O20S2. The van der Waals surface area contributed by atoms with E-state index in [0.717, 1.165) is 0 Å². The number of amides is 13. The number of rotatable bonds is 50. The largest absolute Gasteiger partial charge is 0.508 e. The van der Waals surface area contributed by atoms with Crippen molar-refractivity contribution in [1.82, 2.24) is 58.5 Å². The SMILES string of the molecule is CC(C)C[C@H](NC(=O)[C@H](CCC(=O)O)NC(=O)[C@H](CCCCN)NC(=O)[C@H](CO)NC(=O)[C@H](CS)NC(=O)[C@@H](N)Cc1ccc(O)cc1)C(=O)N[C@@H](CS)C(=O)N[C@@H](Cc1ccc(O)cc1)C(=O)N[C@H](C(=O)N[C@@H](CCCCN)C(=O)N[C@@H](CCC(N)=O)C(=O)N[C@@H](CCC(=O)O)C(N)=O)C(C)C. The summed E-state index contributed by atoms with van der Waals surface area (Å²) in [5.41, 5.74) is 29.2. The number of primary amides is 2. The molecule has 574 valence electrons. The van der Waals surface area contributed by atoms with Crippen molar-refractivity contribution >= 4 is 114 Å². The zero-order valence-electron chi connectivity index (χ0n) is 58.0. The molecule has 2 aromatic rings. The van der Waals surface area contributed by atoms with Gasteiger partial charge in [-0.1, -0.05) is 52.0 Å². The minimum absolute atomic E-state index is 0.0136. The predicted molar refractivity (Wildman–Crippen MR) is 379 cm³/mol. The van der Waals surface area contributed by atoms with Crippen LogP contribution in [0.1, 0.15) is 122 Å². The number of aliphatic hydroxyl groups is 1. The highest BCUT2D eigenvalue weighted by Gasteiger charge is 2.38. The predicted octanol–water partition coefficient (Wildman–Crippen LogP) is -5.16. The average Bonchev–Trinajstić information content (AvgIpc) is 0.854. The maximum absolute atomic E-state index is 14.6. The Bertz CT molecular complexity index is 3190. The molecule has 0 heterocycles. The highest BCUT2D eigenvalue weighted by molar-refractivity contribution is 7.80. The molecule has 103 heavy (non-hydrogen) atoms. The Balaban J connectivity index is 2.46. The van der Waals surface area contributed by atoms with Gasteiger partial charge in [-0.3, -0.25) is 71.9 Å². The van der Waals surface area contributed by atoms with E-state index in [-0.39, 0.29) is 81.2 Å². The van der Waals surface area contributed by atoms with Gasteiger partial charge in [0.2, 0.25) is 76.8 Å². The van der Waals surface area contributed by atoms with Crippen molar-refractivity contribution in [3.05, 3.63) is 59.7 Å². The zero-order chi connectivity index (χ0) is 77.6. The van der Waals surface area contributed by atoms with Gasteiger partial charge >= 0.3 is 11.9 Å². The van der Waals surface area contributed by atoms with Gasteiger partial charge in [0.1, 0.15) is 78.0 Å². The second-order valence-corrected chi connectivity index (χ2v) is 25.9. The van der Waals surface area contributed by atoms with Crippen LogP contribution in [0.2, 0.25) is 0 Å². The van der Waals surface area contributed by atoms with Gasteiger partial charge in [-0.25, -0.2) is 0 Å². The molecular weight excluding hydrogens is 1390 g/mol. The Morgan fingerprint density at radius 3 is 1.13 bits per heavy atom. The molecule has 0 aliphatic heterocycles. The number of unbranched alkanes of at least 4 members (excludes halogenated alkanes) is 2. The average molecular weight is 1490 g/mol. The Morgan fingerprint density at radius 2 is 0.728 bits per heavy atom. The molecule has 13 amide bonds. The third-order valence-electron chi connectivity index (χ3n) is 15.8. The topological polar surface area (TPSA) is 620 Å². The summed E-state index contributed by atoms with van der Waals surface area (Å²) in [6.45, 7) is 5.74. The number of benzene rings is 2. The van der Waals surface area contributed by atoms with Crippen LogP contribution in [0.3, 0.4) is 0 Å². The van der Waals surface area contributed by atoms with E-state index in [1.54, 1.807) is 39.8 Å². The van der Waals surface area contributed by atoms with Gasteiger partial charge in [0.15, 0.2) is 0 Å². The normalized spacial score (nSPS) is 14.6. The van der Waals surface area contributed by atoms with Crippen molar-refractivity contribution in [2.75, 3.05) is 31.2 Å². The summed E-state index contributed by atoms with van der Waals surface area (Å²) < 4.78 is 0. The van der Waals surface area contributed by atoms with Crippen LogP contribution in [0, 0.1) is 11.8 Å². The number of aliphatic carboxylic acids is 2. The molecule has 0 bridgehead atoms. The number of carbonyl (C=O) groups is 15. The fraction of sp³-hybridized carbons (Fsp3) is 0.585. The third-order valence-corrected chi connectivity index (χ3v) is 16.6. The van der Waals surface area contributed by atoms with Crippen LogP contribution in [0.15, 0.2) is 48.5 Å². The van der Waals surface area contributed by atoms with Crippen LogP contribution >= 0.6 is 25.3 Å². The maximum atomic E-state index is 14.6. The number of hydrogen-bond acceptors (Lipinski definition) is 23. The van der Waals surface area contributed by atoms with Gasteiger partial charge in [-0.15, -0.1) is 0 Å². The lowest BCUT2D eigenvalue weighted by molar-refractivity contribution is -0.139. The molecule has 0 saturated carbocycles. The summed E-state index contributed by atoms with van der Waals surface area (Å²) >= 11 is 8.45. The van der Waals surface area contributed by atoms with E-state index in [1.165, 1.54) is 36.4 Å². The van der Waals surface area contributed by atoms with Crippen LogP contribution in [-0.2, 0) is 84.8 Å². The summed E-state index contributed by atoms with van der Waals surface area (Å²) in [5.74, 6) is -17.7. The minimum Gasteiger partial charge on any atom is -0.508 e. The van der Waals surface area contributed by atoms with Crippen LogP contribution < -0.4 is 87.2 Å². The first kappa shape index (κ1) is 89.7. The van der Waals surface area contributed by atoms with Gasteiger partial charge in [0.25, 0.3) is 0 Å². The van der Waals surface area contributed by atoms with Gasteiger partial charge in [-0.05, 0) is 131 Å². The Labute approximate surface area is 606 Å². The fourth-order valence-corrected chi connectivity index (χ4v) is 10.5. The molecule has 12 atom stereocenters.